The molecule has 4 heterocycles. The lowest BCUT2D eigenvalue weighted by atomic mass is 10.0. The number of benzene rings is 1. The second-order valence-electron chi connectivity index (χ2n) is 7.26. The van der Waals surface area contributed by atoms with Crippen molar-refractivity contribution in [3.05, 3.63) is 35.4 Å². The van der Waals surface area contributed by atoms with Crippen LogP contribution in [0.15, 0.2) is 24.3 Å². The van der Waals surface area contributed by atoms with E-state index in [4.69, 9.17) is 0 Å². The van der Waals surface area contributed by atoms with Gasteiger partial charge in [0.05, 0.1) is 12.3 Å². The molecule has 0 amide bonds. The molecule has 4 heteroatoms. The summed E-state index contributed by atoms with van der Waals surface area (Å²) in [5.41, 5.74) is 2.99. The zero-order valence-corrected chi connectivity index (χ0v) is 13.3. The van der Waals surface area contributed by atoms with Gasteiger partial charge in [0.25, 0.3) is 0 Å². The zero-order chi connectivity index (χ0) is 14.5. The number of nitrogens with zero attached hydrogens (tertiary/aromatic N) is 4. The molecule has 0 radical (unpaired) electrons. The fourth-order valence-corrected chi connectivity index (χ4v) is 5.04. The van der Waals surface area contributed by atoms with Crippen LogP contribution in [0, 0.1) is 0 Å². The van der Waals surface area contributed by atoms with Gasteiger partial charge in [-0.2, -0.15) is 0 Å². The molecule has 4 bridgehead atoms. The standard InChI is InChI=1S/C18H26N4/c1-7-19-11-12-20(8-1)17(19)15-3-5-16(6-4-15)18-21-9-2-10-22(18)14-13-21/h3-6,17-18H,1-2,7-14H2. The highest BCUT2D eigenvalue weighted by Gasteiger charge is 2.37. The van der Waals surface area contributed by atoms with Crippen molar-refractivity contribution < 1.29 is 0 Å². The van der Waals surface area contributed by atoms with E-state index >= 15 is 0 Å². The van der Waals surface area contributed by atoms with Gasteiger partial charge < -0.3 is 0 Å². The van der Waals surface area contributed by atoms with Crippen LogP contribution in [0.2, 0.25) is 0 Å². The van der Waals surface area contributed by atoms with Crippen LogP contribution in [0.25, 0.3) is 0 Å². The Morgan fingerprint density at radius 2 is 0.818 bits per heavy atom. The summed E-state index contributed by atoms with van der Waals surface area (Å²) in [6.45, 7) is 10.1. The van der Waals surface area contributed by atoms with Crippen LogP contribution in [0.1, 0.15) is 36.3 Å². The highest BCUT2D eigenvalue weighted by Crippen LogP contribution is 2.36. The molecular weight excluding hydrogens is 272 g/mol. The summed E-state index contributed by atoms with van der Waals surface area (Å²) >= 11 is 0. The average molecular weight is 298 g/mol. The average Bonchev–Trinajstić information content (AvgIpc) is 2.95. The largest absolute Gasteiger partial charge is 0.283 e. The molecule has 4 atom stereocenters. The maximum absolute atomic E-state index is 2.65. The molecule has 0 N–H and O–H groups in total. The number of hydrogen-bond donors (Lipinski definition) is 0. The van der Waals surface area contributed by atoms with Gasteiger partial charge in [0.2, 0.25) is 0 Å². The first-order valence-corrected chi connectivity index (χ1v) is 8.96. The molecule has 4 fully saturated rings. The summed E-state index contributed by atoms with van der Waals surface area (Å²) < 4.78 is 0. The van der Waals surface area contributed by atoms with Crippen molar-refractivity contribution in [2.45, 2.75) is 25.2 Å². The molecule has 0 saturated carbocycles. The molecule has 22 heavy (non-hydrogen) atoms. The fourth-order valence-electron chi connectivity index (χ4n) is 5.04. The topological polar surface area (TPSA) is 13.0 Å². The Kier molecular flexibility index (Phi) is 3.25. The third-order valence-corrected chi connectivity index (χ3v) is 6.05. The normalized spacial score (nSPS) is 43.5. The number of fused-ring (bicyclic) bond motifs is 4. The Bertz CT molecular complexity index is 462. The molecule has 4 unspecified atom stereocenters. The van der Waals surface area contributed by atoms with Crippen molar-refractivity contribution in [3.63, 3.8) is 0 Å². The summed E-state index contributed by atoms with van der Waals surface area (Å²) in [7, 11) is 0. The smallest absolute Gasteiger partial charge is 0.0887 e. The van der Waals surface area contributed by atoms with E-state index in [9.17, 15) is 0 Å². The van der Waals surface area contributed by atoms with Crippen molar-refractivity contribution in [2.75, 3.05) is 52.4 Å². The third-order valence-electron chi connectivity index (χ3n) is 6.05. The fraction of sp³-hybridized carbons (Fsp3) is 0.667. The molecule has 0 spiro atoms. The highest BCUT2D eigenvalue weighted by atomic mass is 15.4. The Morgan fingerprint density at radius 1 is 0.500 bits per heavy atom. The van der Waals surface area contributed by atoms with Crippen molar-refractivity contribution in [3.8, 4) is 0 Å². The van der Waals surface area contributed by atoms with E-state index in [1.54, 1.807) is 0 Å². The Hall–Kier alpha value is -0.940. The Balaban J connectivity index is 1.40. The minimum absolute atomic E-state index is 0.548. The van der Waals surface area contributed by atoms with Gasteiger partial charge in [0, 0.05) is 52.4 Å². The van der Waals surface area contributed by atoms with E-state index in [1.165, 1.54) is 76.3 Å². The van der Waals surface area contributed by atoms with Gasteiger partial charge in [-0.05, 0) is 24.0 Å². The first-order valence-electron chi connectivity index (χ1n) is 8.96. The molecule has 0 aromatic heterocycles. The molecule has 1 aromatic rings. The number of hydrogen-bond acceptors (Lipinski definition) is 4. The molecule has 4 saturated heterocycles. The summed E-state index contributed by atoms with van der Waals surface area (Å²) in [5, 5.41) is 0. The molecule has 1 aromatic carbocycles. The van der Waals surface area contributed by atoms with Crippen molar-refractivity contribution >= 4 is 0 Å². The first-order chi connectivity index (χ1) is 10.9. The lowest BCUT2D eigenvalue weighted by Gasteiger charge is -2.37. The Morgan fingerprint density at radius 3 is 1.14 bits per heavy atom. The van der Waals surface area contributed by atoms with E-state index in [0.717, 1.165) is 0 Å². The van der Waals surface area contributed by atoms with E-state index in [-0.39, 0.29) is 0 Å². The van der Waals surface area contributed by atoms with Gasteiger partial charge >= 0.3 is 0 Å². The highest BCUT2D eigenvalue weighted by molar-refractivity contribution is 5.28. The van der Waals surface area contributed by atoms with Crippen molar-refractivity contribution in [2.24, 2.45) is 0 Å². The van der Waals surface area contributed by atoms with E-state index in [0.29, 0.717) is 12.3 Å². The minimum Gasteiger partial charge on any atom is -0.283 e. The first kappa shape index (κ1) is 13.5. The van der Waals surface area contributed by atoms with Crippen LogP contribution in [-0.2, 0) is 0 Å². The second-order valence-corrected chi connectivity index (χ2v) is 7.26. The predicted molar refractivity (Wildman–Crippen MR) is 87.5 cm³/mol. The van der Waals surface area contributed by atoms with Crippen molar-refractivity contribution in [1.82, 2.24) is 19.6 Å². The SMILES string of the molecule is c1cc(C2N3CCCN2CC3)ccc1C1N2CCCN1CC2. The summed E-state index contributed by atoms with van der Waals surface area (Å²) in [5.74, 6) is 0. The van der Waals surface area contributed by atoms with Crippen LogP contribution >= 0.6 is 0 Å². The third kappa shape index (κ3) is 2.05. The van der Waals surface area contributed by atoms with E-state index < -0.39 is 0 Å². The lowest BCUT2D eigenvalue weighted by molar-refractivity contribution is 0.0901. The Labute approximate surface area is 133 Å². The maximum Gasteiger partial charge on any atom is 0.0887 e. The molecule has 118 valence electrons. The van der Waals surface area contributed by atoms with E-state index in [1.807, 2.05) is 0 Å². The van der Waals surface area contributed by atoms with Crippen molar-refractivity contribution in [1.29, 1.82) is 0 Å². The maximum atomic E-state index is 2.65. The lowest BCUT2D eigenvalue weighted by Crippen LogP contribution is -2.38. The molecular formula is C18H26N4. The van der Waals surface area contributed by atoms with Gasteiger partial charge in [-0.3, -0.25) is 19.6 Å². The quantitative estimate of drug-likeness (QED) is 0.824. The van der Waals surface area contributed by atoms with Gasteiger partial charge in [-0.1, -0.05) is 24.3 Å². The molecule has 4 aliphatic rings. The molecule has 5 rings (SSSR count). The number of rotatable bonds is 2. The van der Waals surface area contributed by atoms with Gasteiger partial charge in [0.15, 0.2) is 0 Å². The monoisotopic (exact) mass is 298 g/mol. The second kappa shape index (κ2) is 5.31. The van der Waals surface area contributed by atoms with Gasteiger partial charge in [-0.25, -0.2) is 0 Å². The van der Waals surface area contributed by atoms with Crippen LogP contribution in [0.3, 0.4) is 0 Å². The zero-order valence-electron chi connectivity index (χ0n) is 13.3. The van der Waals surface area contributed by atoms with E-state index in [2.05, 4.69) is 43.9 Å². The molecule has 4 aliphatic heterocycles. The van der Waals surface area contributed by atoms with Crippen LogP contribution in [-0.4, -0.2) is 72.0 Å². The molecule has 4 nitrogen and oxygen atoms in total. The van der Waals surface area contributed by atoms with Crippen LogP contribution < -0.4 is 0 Å². The summed E-state index contributed by atoms with van der Waals surface area (Å²) in [6.07, 6.45) is 3.76. The summed E-state index contributed by atoms with van der Waals surface area (Å²) in [6, 6.07) is 9.58. The predicted octanol–water partition coefficient (Wildman–Crippen LogP) is 1.73. The summed E-state index contributed by atoms with van der Waals surface area (Å²) in [4.78, 5) is 10.6. The van der Waals surface area contributed by atoms with Crippen LogP contribution in [0.4, 0.5) is 0 Å². The van der Waals surface area contributed by atoms with Crippen LogP contribution in [0.5, 0.6) is 0 Å². The minimum atomic E-state index is 0.548. The van der Waals surface area contributed by atoms with Gasteiger partial charge in [0.1, 0.15) is 0 Å². The molecule has 0 aliphatic carbocycles. The van der Waals surface area contributed by atoms with Gasteiger partial charge in [-0.15, -0.1) is 0 Å².